The lowest BCUT2D eigenvalue weighted by atomic mass is 9.91. The second-order valence-corrected chi connectivity index (χ2v) is 13.0. The molecule has 1 amide bonds. The van der Waals surface area contributed by atoms with Gasteiger partial charge in [0.15, 0.2) is 9.84 Å². The molecule has 3 aromatic carbocycles. The summed E-state index contributed by atoms with van der Waals surface area (Å²) in [4.78, 5) is 25.2. The zero-order valence-electron chi connectivity index (χ0n) is 23.1. The highest BCUT2D eigenvalue weighted by molar-refractivity contribution is 7.91. The molecule has 2 aliphatic rings. The van der Waals surface area contributed by atoms with Crippen molar-refractivity contribution in [3.8, 4) is 0 Å². The van der Waals surface area contributed by atoms with Gasteiger partial charge in [0.25, 0.3) is 5.91 Å². The van der Waals surface area contributed by atoms with Gasteiger partial charge in [-0.2, -0.15) is 4.98 Å². The number of rotatable bonds is 7. The lowest BCUT2D eigenvalue weighted by Crippen LogP contribution is -2.40. The molecule has 2 aliphatic carbocycles. The van der Waals surface area contributed by atoms with E-state index in [9.17, 15) is 13.2 Å². The van der Waals surface area contributed by atoms with Gasteiger partial charge in [0.05, 0.1) is 10.4 Å². The molecule has 0 spiro atoms. The number of carbonyl (C=O) groups excluding carboxylic acids is 1. The third-order valence-electron chi connectivity index (χ3n) is 7.93. The number of hydrogen-bond acceptors (Lipinski definition) is 7. The van der Waals surface area contributed by atoms with Crippen molar-refractivity contribution in [3.05, 3.63) is 96.1 Å². The van der Waals surface area contributed by atoms with Crippen molar-refractivity contribution in [2.24, 2.45) is 0 Å². The van der Waals surface area contributed by atoms with Gasteiger partial charge in [0.2, 0.25) is 5.95 Å². The van der Waals surface area contributed by atoms with E-state index in [-0.39, 0.29) is 22.9 Å². The monoisotopic (exact) mass is 567 g/mol. The van der Waals surface area contributed by atoms with Gasteiger partial charge in [0.1, 0.15) is 11.1 Å². The van der Waals surface area contributed by atoms with E-state index in [1.165, 1.54) is 0 Å². The molecule has 0 aliphatic heterocycles. The summed E-state index contributed by atoms with van der Waals surface area (Å²) in [6.07, 6.45) is 4.93. The number of fused-ring (bicyclic) bond motifs is 2. The topological polar surface area (TPSA) is 104 Å². The summed E-state index contributed by atoms with van der Waals surface area (Å²) in [6.45, 7) is 0. The van der Waals surface area contributed by atoms with E-state index in [2.05, 4.69) is 10.6 Å². The van der Waals surface area contributed by atoms with Crippen LogP contribution in [0.1, 0.15) is 42.1 Å². The standard InChI is InChI=1S/C32H33N5O3S/c1-37(2)30-26-14-8-9-15-28(26)35-32(36-30)34-22-18-16-21(17-19-22)33-31(38)27-20-29(25-13-7-6-12-24(25)27)41(39,40)23-10-4-3-5-11-23/h3-15,20-22,29H,16-19H2,1-2H3,(H,33,38)(H,34,35,36). The fourth-order valence-electron chi connectivity index (χ4n) is 5.83. The van der Waals surface area contributed by atoms with Crippen LogP contribution in [0, 0.1) is 0 Å². The van der Waals surface area contributed by atoms with Crippen LogP contribution >= 0.6 is 0 Å². The molecule has 1 fully saturated rings. The summed E-state index contributed by atoms with van der Waals surface area (Å²) in [5.41, 5.74) is 2.63. The number of anilines is 2. The van der Waals surface area contributed by atoms with Crippen molar-refractivity contribution < 1.29 is 13.2 Å². The highest BCUT2D eigenvalue weighted by Crippen LogP contribution is 2.42. The zero-order chi connectivity index (χ0) is 28.6. The Morgan fingerprint density at radius 2 is 1.49 bits per heavy atom. The Morgan fingerprint density at radius 3 is 2.24 bits per heavy atom. The van der Waals surface area contributed by atoms with Gasteiger partial charge in [-0.15, -0.1) is 0 Å². The van der Waals surface area contributed by atoms with Gasteiger partial charge in [-0.3, -0.25) is 4.79 Å². The Bertz CT molecular complexity index is 1730. The summed E-state index contributed by atoms with van der Waals surface area (Å²) >= 11 is 0. The lowest BCUT2D eigenvalue weighted by Gasteiger charge is -2.30. The van der Waals surface area contributed by atoms with E-state index in [0.717, 1.165) is 42.4 Å². The van der Waals surface area contributed by atoms with Crippen LogP contribution in [0.25, 0.3) is 16.5 Å². The molecule has 41 heavy (non-hydrogen) atoms. The van der Waals surface area contributed by atoms with Crippen molar-refractivity contribution in [2.45, 2.75) is 47.9 Å². The predicted molar refractivity (Wildman–Crippen MR) is 162 cm³/mol. The summed E-state index contributed by atoms with van der Waals surface area (Å²) in [5.74, 6) is 1.25. The molecular weight excluding hydrogens is 534 g/mol. The zero-order valence-corrected chi connectivity index (χ0v) is 23.9. The number of nitrogens with one attached hydrogen (secondary N) is 2. The van der Waals surface area contributed by atoms with Crippen molar-refractivity contribution in [1.29, 1.82) is 0 Å². The fourth-order valence-corrected chi connectivity index (χ4v) is 7.51. The van der Waals surface area contributed by atoms with Crippen molar-refractivity contribution >= 4 is 44.0 Å². The molecule has 210 valence electrons. The van der Waals surface area contributed by atoms with E-state index in [1.54, 1.807) is 42.5 Å². The van der Waals surface area contributed by atoms with Gasteiger partial charge < -0.3 is 15.5 Å². The largest absolute Gasteiger partial charge is 0.362 e. The van der Waals surface area contributed by atoms with Gasteiger partial charge >= 0.3 is 0 Å². The molecule has 0 bridgehead atoms. The fraction of sp³-hybridized carbons (Fsp3) is 0.281. The Kier molecular flexibility index (Phi) is 7.21. The second-order valence-electron chi connectivity index (χ2n) is 10.9. The minimum atomic E-state index is -3.69. The molecule has 0 saturated heterocycles. The van der Waals surface area contributed by atoms with Crippen LogP contribution in [0.3, 0.4) is 0 Å². The second kappa shape index (κ2) is 11.0. The van der Waals surface area contributed by atoms with Crippen molar-refractivity contribution in [3.63, 3.8) is 0 Å². The van der Waals surface area contributed by atoms with Crippen LogP contribution in [0.15, 0.2) is 89.8 Å². The third kappa shape index (κ3) is 5.29. The van der Waals surface area contributed by atoms with Crippen LogP contribution < -0.4 is 15.5 Å². The first-order valence-corrected chi connectivity index (χ1v) is 15.5. The van der Waals surface area contributed by atoms with E-state index in [4.69, 9.17) is 9.97 Å². The maximum atomic E-state index is 13.5. The van der Waals surface area contributed by atoms with Crippen molar-refractivity contribution in [1.82, 2.24) is 15.3 Å². The molecule has 1 unspecified atom stereocenters. The highest BCUT2D eigenvalue weighted by Gasteiger charge is 2.37. The lowest BCUT2D eigenvalue weighted by molar-refractivity contribution is -0.116. The molecule has 6 rings (SSSR count). The molecule has 9 heteroatoms. The van der Waals surface area contributed by atoms with E-state index < -0.39 is 15.1 Å². The van der Waals surface area contributed by atoms with Crippen LogP contribution in [-0.2, 0) is 14.6 Å². The predicted octanol–water partition coefficient (Wildman–Crippen LogP) is 5.15. The summed E-state index contributed by atoms with van der Waals surface area (Å²) in [7, 11) is 0.262. The highest BCUT2D eigenvalue weighted by atomic mass is 32.2. The van der Waals surface area contributed by atoms with Gasteiger partial charge in [-0.25, -0.2) is 13.4 Å². The molecule has 4 aromatic rings. The number of sulfone groups is 1. The molecule has 1 aromatic heterocycles. The molecule has 2 N–H and O–H groups in total. The third-order valence-corrected chi connectivity index (χ3v) is 9.92. The average molecular weight is 568 g/mol. The van der Waals surface area contributed by atoms with Gasteiger partial charge in [-0.05, 0) is 67.2 Å². The number of hydrogen-bond donors (Lipinski definition) is 2. The first kappa shape index (κ1) is 27.0. The Balaban J connectivity index is 1.13. The molecule has 8 nitrogen and oxygen atoms in total. The quantitative estimate of drug-likeness (QED) is 0.318. The summed E-state index contributed by atoms with van der Waals surface area (Å²) in [6, 6.07) is 23.9. The van der Waals surface area contributed by atoms with Crippen LogP contribution in [0.4, 0.5) is 11.8 Å². The maximum Gasteiger partial charge on any atom is 0.251 e. The van der Waals surface area contributed by atoms with Gasteiger partial charge in [-0.1, -0.05) is 54.6 Å². The molecule has 0 radical (unpaired) electrons. The minimum absolute atomic E-state index is 0.00764. The first-order chi connectivity index (χ1) is 19.8. The normalized spacial score (nSPS) is 20.2. The van der Waals surface area contributed by atoms with E-state index in [0.29, 0.717) is 22.6 Å². The number of para-hydroxylation sites is 1. The van der Waals surface area contributed by atoms with Crippen LogP contribution in [-0.4, -0.2) is 50.5 Å². The first-order valence-electron chi connectivity index (χ1n) is 13.9. The maximum absolute atomic E-state index is 13.5. The van der Waals surface area contributed by atoms with E-state index >= 15 is 0 Å². The molecule has 1 saturated carbocycles. The summed E-state index contributed by atoms with van der Waals surface area (Å²) in [5, 5.41) is 6.80. The molecule has 1 atom stereocenters. The summed E-state index contributed by atoms with van der Waals surface area (Å²) < 4.78 is 27.0. The van der Waals surface area contributed by atoms with Crippen molar-refractivity contribution in [2.75, 3.05) is 24.3 Å². The molecule has 1 heterocycles. The average Bonchev–Trinajstić information content (AvgIpc) is 3.39. The van der Waals surface area contributed by atoms with E-state index in [1.807, 2.05) is 61.5 Å². The Labute approximate surface area is 240 Å². The Morgan fingerprint density at radius 1 is 0.829 bits per heavy atom. The van der Waals surface area contributed by atoms with Crippen LogP contribution in [0.2, 0.25) is 0 Å². The SMILES string of the molecule is CN(C)c1nc(NC2CCC(NC(=O)C3=CC(S(=O)(=O)c4ccccc4)c4ccccc43)CC2)nc2ccccc12. The minimum Gasteiger partial charge on any atom is -0.362 e. The van der Waals surface area contributed by atoms with Crippen LogP contribution in [0.5, 0.6) is 0 Å². The number of carbonyl (C=O) groups is 1. The number of aromatic nitrogens is 2. The Hall–Kier alpha value is -4.24. The number of nitrogens with zero attached hydrogens (tertiary/aromatic N) is 3. The van der Waals surface area contributed by atoms with Gasteiger partial charge in [0, 0.05) is 37.1 Å². The number of benzene rings is 3. The smallest absolute Gasteiger partial charge is 0.251 e. The number of amides is 1. The molecular formula is C32H33N5O3S.